The summed E-state index contributed by atoms with van der Waals surface area (Å²) in [6.45, 7) is 0.650. The Kier molecular flexibility index (Phi) is 11.5. The number of hydrogen-bond acceptors (Lipinski definition) is 4. The predicted molar refractivity (Wildman–Crippen MR) is 144 cm³/mol. The molecule has 3 rings (SSSR count). The van der Waals surface area contributed by atoms with E-state index in [0.717, 1.165) is 67.6 Å². The van der Waals surface area contributed by atoms with Crippen LogP contribution in [0, 0.1) is 5.92 Å². The molecule has 0 spiro atoms. The highest BCUT2D eigenvalue weighted by molar-refractivity contribution is 5.87. The summed E-state index contributed by atoms with van der Waals surface area (Å²) >= 11 is 0. The van der Waals surface area contributed by atoms with E-state index in [1.165, 1.54) is 0 Å². The highest BCUT2D eigenvalue weighted by Gasteiger charge is 2.10. The Morgan fingerprint density at radius 2 is 1.70 bits per heavy atom. The van der Waals surface area contributed by atoms with Gasteiger partial charge in [-0.05, 0) is 80.3 Å². The second-order valence-corrected chi connectivity index (χ2v) is 9.24. The van der Waals surface area contributed by atoms with Crippen LogP contribution in [-0.4, -0.2) is 28.8 Å². The number of hydrogen-bond donors (Lipinski definition) is 2. The number of ether oxygens (including phenoxy) is 1. The number of furan rings is 1. The molecule has 2 aromatic carbocycles. The van der Waals surface area contributed by atoms with Gasteiger partial charge in [-0.1, -0.05) is 48.9 Å². The van der Waals surface area contributed by atoms with Crippen molar-refractivity contribution in [3.8, 4) is 5.75 Å². The van der Waals surface area contributed by atoms with Gasteiger partial charge in [0.05, 0.1) is 18.4 Å². The third kappa shape index (κ3) is 10.4. The molecule has 37 heavy (non-hydrogen) atoms. The summed E-state index contributed by atoms with van der Waals surface area (Å²) in [5, 5.41) is 18.1. The molecule has 1 unspecified atom stereocenters. The molecule has 0 aliphatic rings. The molecule has 1 heterocycles. The molecule has 1 aromatic heterocycles. The number of rotatable bonds is 17. The van der Waals surface area contributed by atoms with Crippen LogP contribution in [-0.2, 0) is 17.6 Å². The van der Waals surface area contributed by atoms with Crippen LogP contribution < -0.4 is 4.74 Å². The molecule has 0 saturated heterocycles. The minimum absolute atomic E-state index is 0.169. The van der Waals surface area contributed by atoms with Crippen LogP contribution in [0.3, 0.4) is 0 Å². The number of aliphatic carboxylic acids is 1. The molecule has 0 aliphatic heterocycles. The van der Waals surface area contributed by atoms with Crippen LogP contribution in [0.4, 0.5) is 0 Å². The Bertz CT molecular complexity index is 1110. The lowest BCUT2D eigenvalue weighted by molar-refractivity contribution is -0.137. The zero-order valence-electron chi connectivity index (χ0n) is 21.2. The Morgan fingerprint density at radius 3 is 2.43 bits per heavy atom. The summed E-state index contributed by atoms with van der Waals surface area (Å²) < 4.78 is 11.5. The van der Waals surface area contributed by atoms with Gasteiger partial charge in [0, 0.05) is 18.4 Å². The van der Waals surface area contributed by atoms with E-state index in [4.69, 9.17) is 19.4 Å². The first-order valence-corrected chi connectivity index (χ1v) is 13.0. The average molecular weight is 505 g/mol. The van der Waals surface area contributed by atoms with E-state index in [2.05, 4.69) is 12.2 Å². The van der Waals surface area contributed by atoms with E-state index in [0.29, 0.717) is 13.0 Å². The predicted octanol–water partition coefficient (Wildman–Crippen LogP) is 7.29. The first-order valence-electron chi connectivity index (χ1n) is 13.0. The van der Waals surface area contributed by atoms with Gasteiger partial charge < -0.3 is 19.4 Å². The van der Waals surface area contributed by atoms with Gasteiger partial charge in [-0.25, -0.2) is 4.79 Å². The molecule has 0 saturated carbocycles. The highest BCUT2D eigenvalue weighted by Crippen LogP contribution is 2.24. The molecule has 3 aromatic rings. The lowest BCUT2D eigenvalue weighted by atomic mass is 9.92. The van der Waals surface area contributed by atoms with Gasteiger partial charge in [-0.2, -0.15) is 0 Å². The summed E-state index contributed by atoms with van der Waals surface area (Å²) in [5.74, 6) is 0.347. The second-order valence-electron chi connectivity index (χ2n) is 9.24. The van der Waals surface area contributed by atoms with Crippen LogP contribution >= 0.6 is 0 Å². The molecule has 196 valence electrons. The van der Waals surface area contributed by atoms with Gasteiger partial charge >= 0.3 is 11.9 Å². The maximum absolute atomic E-state index is 11.2. The summed E-state index contributed by atoms with van der Waals surface area (Å²) in [6, 6.07) is 18.8. The normalized spacial score (nSPS) is 12.0. The molecule has 0 bridgehead atoms. The Morgan fingerprint density at radius 1 is 0.892 bits per heavy atom. The van der Waals surface area contributed by atoms with Crippen LogP contribution in [0.1, 0.15) is 72.2 Å². The van der Waals surface area contributed by atoms with E-state index in [9.17, 15) is 9.59 Å². The van der Waals surface area contributed by atoms with E-state index in [-0.39, 0.29) is 17.9 Å². The van der Waals surface area contributed by atoms with Gasteiger partial charge in [-0.3, -0.25) is 4.79 Å². The van der Waals surface area contributed by atoms with Crippen molar-refractivity contribution < 1.29 is 29.0 Å². The van der Waals surface area contributed by atoms with Crippen LogP contribution in [0.15, 0.2) is 77.4 Å². The van der Waals surface area contributed by atoms with Crippen molar-refractivity contribution in [2.45, 2.75) is 57.8 Å². The summed E-state index contributed by atoms with van der Waals surface area (Å²) in [7, 11) is 0. The van der Waals surface area contributed by atoms with Gasteiger partial charge in [-0.15, -0.1) is 0 Å². The average Bonchev–Trinajstić information content (AvgIpc) is 3.41. The number of carboxylic acids is 2. The number of carbonyl (C=O) groups is 2. The Labute approximate surface area is 218 Å². The van der Waals surface area contributed by atoms with Crippen molar-refractivity contribution >= 4 is 18.0 Å². The molecule has 0 aliphatic carbocycles. The number of aromatic carboxylic acids is 1. The molecule has 0 radical (unpaired) electrons. The smallest absolute Gasteiger partial charge is 0.335 e. The third-order valence-corrected chi connectivity index (χ3v) is 6.29. The maximum Gasteiger partial charge on any atom is 0.335 e. The number of para-hydroxylation sites is 1. The zero-order valence-corrected chi connectivity index (χ0v) is 21.2. The Balaban J connectivity index is 1.56. The lowest BCUT2D eigenvalue weighted by Gasteiger charge is -2.14. The number of unbranched alkanes of at least 4 members (excludes halogenated alkanes) is 3. The van der Waals surface area contributed by atoms with Crippen LogP contribution in [0.2, 0.25) is 0 Å². The topological polar surface area (TPSA) is 97.0 Å². The van der Waals surface area contributed by atoms with Crippen molar-refractivity contribution in [1.29, 1.82) is 0 Å². The van der Waals surface area contributed by atoms with Crippen molar-refractivity contribution in [1.82, 2.24) is 0 Å². The maximum atomic E-state index is 11.2. The van der Waals surface area contributed by atoms with Crippen molar-refractivity contribution in [3.05, 3.63) is 95.5 Å². The van der Waals surface area contributed by atoms with Crippen molar-refractivity contribution in [2.24, 2.45) is 5.92 Å². The Hall–Kier alpha value is -3.80. The fraction of sp³-hybridized carbons (Fsp3) is 0.355. The largest absolute Gasteiger partial charge is 0.493 e. The molecule has 2 N–H and O–H groups in total. The summed E-state index contributed by atoms with van der Waals surface area (Å²) in [5.41, 5.74) is 2.33. The molecular formula is C31H36O6. The molecular weight excluding hydrogens is 468 g/mol. The van der Waals surface area contributed by atoms with Gasteiger partial charge in [0.2, 0.25) is 0 Å². The molecule has 0 fully saturated rings. The van der Waals surface area contributed by atoms with Crippen molar-refractivity contribution in [3.63, 3.8) is 0 Å². The van der Waals surface area contributed by atoms with Gasteiger partial charge in [0.15, 0.2) is 0 Å². The monoisotopic (exact) mass is 504 g/mol. The molecule has 6 nitrogen and oxygen atoms in total. The standard InChI is InChI=1S/C31H36O6/c32-30(33)14-6-3-9-24(23-25-16-19-27(20-17-25)31(34)35)15-18-26-10-4-5-13-29(26)37-21-7-1-2-11-28-12-8-22-36-28/h4-5,8,10,12-13,15-20,22,24H,1-3,6-7,9,11,14,21,23H2,(H,32,33)(H,34,35). The number of carboxylic acid groups (broad SMARTS) is 2. The highest BCUT2D eigenvalue weighted by atomic mass is 16.5. The quantitative estimate of drug-likeness (QED) is 0.187. The SMILES string of the molecule is O=C(O)CCCCC(C=Cc1ccccc1OCCCCCc1ccco1)Cc1ccc(C(=O)O)cc1. The van der Waals surface area contributed by atoms with E-state index < -0.39 is 11.9 Å². The van der Waals surface area contributed by atoms with Crippen LogP contribution in [0.25, 0.3) is 6.08 Å². The number of benzene rings is 2. The fourth-order valence-corrected chi connectivity index (χ4v) is 4.24. The number of aryl methyl sites for hydroxylation is 1. The van der Waals surface area contributed by atoms with E-state index in [1.807, 2.05) is 48.5 Å². The van der Waals surface area contributed by atoms with E-state index >= 15 is 0 Å². The van der Waals surface area contributed by atoms with Crippen molar-refractivity contribution in [2.75, 3.05) is 6.61 Å². The van der Waals surface area contributed by atoms with E-state index in [1.54, 1.807) is 18.4 Å². The minimum Gasteiger partial charge on any atom is -0.493 e. The summed E-state index contributed by atoms with van der Waals surface area (Å²) in [6.07, 6.45) is 13.2. The molecule has 1 atom stereocenters. The lowest BCUT2D eigenvalue weighted by Crippen LogP contribution is -2.04. The fourth-order valence-electron chi connectivity index (χ4n) is 4.24. The zero-order chi connectivity index (χ0) is 26.3. The second kappa shape index (κ2) is 15.3. The number of allylic oxidation sites excluding steroid dienone is 1. The first kappa shape index (κ1) is 27.8. The first-order chi connectivity index (χ1) is 18.0. The summed E-state index contributed by atoms with van der Waals surface area (Å²) in [4.78, 5) is 22.0. The van der Waals surface area contributed by atoms with Gasteiger partial charge in [0.25, 0.3) is 0 Å². The minimum atomic E-state index is -0.939. The molecule has 0 amide bonds. The van der Waals surface area contributed by atoms with Crippen LogP contribution in [0.5, 0.6) is 5.75 Å². The van der Waals surface area contributed by atoms with Gasteiger partial charge in [0.1, 0.15) is 11.5 Å². The third-order valence-electron chi connectivity index (χ3n) is 6.29. The molecule has 6 heteroatoms.